The highest BCUT2D eigenvalue weighted by Gasteiger charge is 1.99. The van der Waals surface area contributed by atoms with Crippen LogP contribution in [0, 0.1) is 12.3 Å². The van der Waals surface area contributed by atoms with Gasteiger partial charge >= 0.3 is 0 Å². The lowest BCUT2D eigenvalue weighted by Gasteiger charge is -2.06. The molecule has 0 saturated carbocycles. The molecule has 0 radical (unpaired) electrons. The first kappa shape index (κ1) is 14.9. The van der Waals surface area contributed by atoms with Gasteiger partial charge < -0.3 is 15.2 Å². The lowest BCUT2D eigenvalue weighted by Crippen LogP contribution is -2.02. The van der Waals surface area contributed by atoms with Crippen LogP contribution in [0.4, 0.5) is 5.69 Å². The highest BCUT2D eigenvalue weighted by atomic mass is 16.5. The Morgan fingerprint density at radius 1 is 1.33 bits per heavy atom. The van der Waals surface area contributed by atoms with Crippen molar-refractivity contribution in [1.82, 2.24) is 9.78 Å². The third-order valence-corrected chi connectivity index (χ3v) is 2.90. The van der Waals surface area contributed by atoms with Crippen molar-refractivity contribution in [2.75, 3.05) is 18.5 Å². The van der Waals surface area contributed by atoms with Crippen LogP contribution in [0.3, 0.4) is 0 Å². The summed E-state index contributed by atoms with van der Waals surface area (Å²) in [5.74, 6) is 3.36. The maximum absolute atomic E-state index is 8.84. The van der Waals surface area contributed by atoms with Crippen molar-refractivity contribution in [2.24, 2.45) is 0 Å². The molecule has 0 saturated heterocycles. The quantitative estimate of drug-likeness (QED) is 0.574. The number of terminal acetylenes is 1. The summed E-state index contributed by atoms with van der Waals surface area (Å²) in [4.78, 5) is 0. The van der Waals surface area contributed by atoms with E-state index in [1.165, 1.54) is 0 Å². The van der Waals surface area contributed by atoms with Crippen LogP contribution < -0.4 is 10.1 Å². The Bertz CT molecular complexity index is 584. The second-order valence-electron chi connectivity index (χ2n) is 4.52. The summed E-state index contributed by atoms with van der Waals surface area (Å²) in [5, 5.41) is 16.2. The summed E-state index contributed by atoms with van der Waals surface area (Å²) in [6.07, 6.45) is 9.40. The van der Waals surface area contributed by atoms with E-state index >= 15 is 0 Å². The van der Waals surface area contributed by atoms with Crippen molar-refractivity contribution in [1.29, 1.82) is 0 Å². The molecule has 110 valence electrons. The van der Waals surface area contributed by atoms with Gasteiger partial charge in [0.05, 0.1) is 31.6 Å². The monoisotopic (exact) mass is 285 g/mol. The van der Waals surface area contributed by atoms with Crippen molar-refractivity contribution in [3.63, 3.8) is 0 Å². The molecule has 1 heterocycles. The lowest BCUT2D eigenvalue weighted by molar-refractivity contribution is 0.269. The SMILES string of the molecule is C#CCCOc1ccc(CNc2cnn(CCO)c2)cc1. The van der Waals surface area contributed by atoms with E-state index in [1.54, 1.807) is 10.9 Å². The van der Waals surface area contributed by atoms with Gasteiger partial charge in [-0.25, -0.2) is 0 Å². The lowest BCUT2D eigenvalue weighted by atomic mass is 10.2. The summed E-state index contributed by atoms with van der Waals surface area (Å²) in [6, 6.07) is 7.89. The van der Waals surface area contributed by atoms with Crippen LogP contribution in [-0.2, 0) is 13.1 Å². The number of anilines is 1. The van der Waals surface area contributed by atoms with Gasteiger partial charge in [0.25, 0.3) is 0 Å². The number of nitrogens with zero attached hydrogens (tertiary/aromatic N) is 2. The van der Waals surface area contributed by atoms with E-state index in [4.69, 9.17) is 16.3 Å². The predicted molar refractivity (Wildman–Crippen MR) is 82.0 cm³/mol. The third-order valence-electron chi connectivity index (χ3n) is 2.90. The molecule has 2 aromatic rings. The van der Waals surface area contributed by atoms with Crippen LogP contribution in [0.15, 0.2) is 36.7 Å². The molecule has 0 unspecified atom stereocenters. The molecule has 0 bridgehead atoms. The molecule has 21 heavy (non-hydrogen) atoms. The summed E-state index contributed by atoms with van der Waals surface area (Å²) in [7, 11) is 0. The van der Waals surface area contributed by atoms with Crippen molar-refractivity contribution in [2.45, 2.75) is 19.5 Å². The zero-order chi connectivity index (χ0) is 14.9. The molecule has 1 aromatic heterocycles. The number of aliphatic hydroxyl groups excluding tert-OH is 1. The summed E-state index contributed by atoms with van der Waals surface area (Å²) in [6.45, 7) is 1.83. The number of rotatable bonds is 8. The Hall–Kier alpha value is -2.45. The van der Waals surface area contributed by atoms with Crippen LogP contribution in [-0.4, -0.2) is 28.1 Å². The molecular formula is C16H19N3O2. The molecule has 0 atom stereocenters. The van der Waals surface area contributed by atoms with E-state index in [0.29, 0.717) is 26.1 Å². The Labute approximate surface area is 124 Å². The molecule has 5 nitrogen and oxygen atoms in total. The largest absolute Gasteiger partial charge is 0.493 e. The molecule has 0 aliphatic rings. The smallest absolute Gasteiger partial charge is 0.119 e. The van der Waals surface area contributed by atoms with Gasteiger partial charge in [-0.15, -0.1) is 12.3 Å². The van der Waals surface area contributed by atoms with Gasteiger partial charge in [0, 0.05) is 19.2 Å². The van der Waals surface area contributed by atoms with E-state index in [9.17, 15) is 0 Å². The number of nitrogens with one attached hydrogen (secondary N) is 1. The normalized spacial score (nSPS) is 10.1. The fraction of sp³-hybridized carbons (Fsp3) is 0.312. The van der Waals surface area contributed by atoms with E-state index in [-0.39, 0.29) is 6.61 Å². The van der Waals surface area contributed by atoms with Gasteiger partial charge in [-0.3, -0.25) is 4.68 Å². The summed E-state index contributed by atoms with van der Waals surface area (Å²) < 4.78 is 7.19. The predicted octanol–water partition coefficient (Wildman–Crippen LogP) is 1.89. The third kappa shape index (κ3) is 4.86. The van der Waals surface area contributed by atoms with Crippen LogP contribution >= 0.6 is 0 Å². The van der Waals surface area contributed by atoms with Crippen molar-refractivity contribution in [3.8, 4) is 18.1 Å². The number of aromatic nitrogens is 2. The molecule has 2 N–H and O–H groups in total. The second-order valence-corrected chi connectivity index (χ2v) is 4.52. The first-order valence-corrected chi connectivity index (χ1v) is 6.84. The van der Waals surface area contributed by atoms with Gasteiger partial charge in [0.2, 0.25) is 0 Å². The van der Waals surface area contributed by atoms with Gasteiger partial charge in [-0.1, -0.05) is 12.1 Å². The van der Waals surface area contributed by atoms with Gasteiger partial charge in [0.1, 0.15) is 5.75 Å². The van der Waals surface area contributed by atoms with Crippen molar-refractivity contribution in [3.05, 3.63) is 42.2 Å². The zero-order valence-corrected chi connectivity index (χ0v) is 11.8. The molecule has 5 heteroatoms. The van der Waals surface area contributed by atoms with Gasteiger partial charge in [0.15, 0.2) is 0 Å². The standard InChI is InChI=1S/C16H19N3O2/c1-2-3-10-21-16-6-4-14(5-7-16)11-17-15-12-18-19(13-15)8-9-20/h1,4-7,12-13,17,20H,3,8-11H2. The second kappa shape index (κ2) is 7.98. The summed E-state index contributed by atoms with van der Waals surface area (Å²) in [5.41, 5.74) is 2.08. The molecule has 0 aliphatic heterocycles. The maximum atomic E-state index is 8.84. The molecule has 0 amide bonds. The first-order chi connectivity index (χ1) is 10.3. The van der Waals surface area contributed by atoms with Crippen LogP contribution in [0.5, 0.6) is 5.75 Å². The number of aliphatic hydroxyl groups is 1. The molecular weight excluding hydrogens is 266 g/mol. The average Bonchev–Trinajstić information content (AvgIpc) is 2.95. The summed E-state index contributed by atoms with van der Waals surface area (Å²) >= 11 is 0. The molecule has 0 spiro atoms. The van der Waals surface area contributed by atoms with E-state index in [0.717, 1.165) is 17.0 Å². The maximum Gasteiger partial charge on any atom is 0.119 e. The molecule has 2 rings (SSSR count). The topological polar surface area (TPSA) is 59.3 Å². The van der Waals surface area contributed by atoms with Crippen LogP contribution in [0.2, 0.25) is 0 Å². The highest BCUT2D eigenvalue weighted by molar-refractivity contribution is 5.39. The molecule has 0 fully saturated rings. The van der Waals surface area contributed by atoms with Crippen LogP contribution in [0.25, 0.3) is 0 Å². The Balaban J connectivity index is 1.81. The highest BCUT2D eigenvalue weighted by Crippen LogP contribution is 2.14. The zero-order valence-electron chi connectivity index (χ0n) is 11.8. The average molecular weight is 285 g/mol. The number of hydrogen-bond donors (Lipinski definition) is 2. The fourth-order valence-electron chi connectivity index (χ4n) is 1.82. The Kier molecular flexibility index (Phi) is 5.68. The van der Waals surface area contributed by atoms with Crippen molar-refractivity contribution < 1.29 is 9.84 Å². The van der Waals surface area contributed by atoms with E-state index in [1.807, 2.05) is 30.5 Å². The van der Waals surface area contributed by atoms with Gasteiger partial charge in [-0.05, 0) is 17.7 Å². The molecule has 1 aromatic carbocycles. The van der Waals surface area contributed by atoms with Crippen molar-refractivity contribution >= 4 is 5.69 Å². The van der Waals surface area contributed by atoms with E-state index < -0.39 is 0 Å². The fourth-order valence-corrected chi connectivity index (χ4v) is 1.82. The van der Waals surface area contributed by atoms with Crippen LogP contribution in [0.1, 0.15) is 12.0 Å². The van der Waals surface area contributed by atoms with E-state index in [2.05, 4.69) is 16.3 Å². The number of hydrogen-bond acceptors (Lipinski definition) is 4. The Morgan fingerprint density at radius 3 is 2.86 bits per heavy atom. The number of ether oxygens (including phenoxy) is 1. The minimum absolute atomic E-state index is 0.0856. The van der Waals surface area contributed by atoms with Gasteiger partial charge in [-0.2, -0.15) is 5.10 Å². The minimum atomic E-state index is 0.0856. The molecule has 0 aliphatic carbocycles. The Morgan fingerprint density at radius 2 is 2.14 bits per heavy atom. The number of benzene rings is 1. The first-order valence-electron chi connectivity index (χ1n) is 6.84. The minimum Gasteiger partial charge on any atom is -0.493 e.